The number of carbonyl (C=O) groups excluding carboxylic acids is 1. The molecule has 0 aromatic heterocycles. The third-order valence-corrected chi connectivity index (χ3v) is 6.80. The van der Waals surface area contributed by atoms with Crippen molar-refractivity contribution in [2.75, 3.05) is 40.4 Å². The predicted molar refractivity (Wildman–Crippen MR) is 103 cm³/mol. The highest BCUT2D eigenvalue weighted by molar-refractivity contribution is 5.80. The molecule has 28 heavy (non-hydrogen) atoms. The average Bonchev–Trinajstić information content (AvgIpc) is 3.24. The topological polar surface area (TPSA) is 79.3 Å². The van der Waals surface area contributed by atoms with E-state index in [4.69, 9.17) is 9.47 Å². The van der Waals surface area contributed by atoms with Crippen LogP contribution < -0.4 is 9.47 Å². The van der Waals surface area contributed by atoms with Crippen LogP contribution in [0.4, 0.5) is 0 Å². The number of likely N-dealkylation sites (tertiary alicyclic amines) is 1. The Kier molecular flexibility index (Phi) is 4.95. The molecule has 2 fully saturated rings. The summed E-state index contributed by atoms with van der Waals surface area (Å²) in [5, 5.41) is 9.73. The van der Waals surface area contributed by atoms with Gasteiger partial charge in [-0.2, -0.15) is 0 Å². The first-order chi connectivity index (χ1) is 13.5. The zero-order valence-electron chi connectivity index (χ0n) is 16.6. The Bertz CT molecular complexity index is 795. The predicted octanol–water partition coefficient (Wildman–Crippen LogP) is 1.78. The monoisotopic (exact) mass is 388 g/mol. The number of nitrogens with zero attached hydrogens (tertiary/aromatic N) is 2. The van der Waals surface area contributed by atoms with Gasteiger partial charge in [0.25, 0.3) is 0 Å². The highest BCUT2D eigenvalue weighted by atomic mass is 16.5. The van der Waals surface area contributed by atoms with E-state index in [1.807, 2.05) is 21.9 Å². The van der Waals surface area contributed by atoms with Crippen LogP contribution in [0.15, 0.2) is 12.1 Å². The van der Waals surface area contributed by atoms with Gasteiger partial charge in [0, 0.05) is 26.2 Å². The maximum Gasteiger partial charge on any atom is 0.311 e. The highest BCUT2D eigenvalue weighted by Crippen LogP contribution is 2.48. The summed E-state index contributed by atoms with van der Waals surface area (Å²) < 4.78 is 10.8. The van der Waals surface area contributed by atoms with Gasteiger partial charge < -0.3 is 19.5 Å². The average molecular weight is 388 g/mol. The second-order valence-electron chi connectivity index (χ2n) is 8.26. The summed E-state index contributed by atoms with van der Waals surface area (Å²) in [6.45, 7) is 2.73. The molecule has 0 spiro atoms. The molecule has 3 aliphatic rings. The first kappa shape index (κ1) is 19.1. The van der Waals surface area contributed by atoms with Crippen molar-refractivity contribution in [3.05, 3.63) is 23.3 Å². The van der Waals surface area contributed by atoms with Gasteiger partial charge in [0.2, 0.25) is 5.91 Å². The molecular weight excluding hydrogens is 360 g/mol. The lowest BCUT2D eigenvalue weighted by Gasteiger charge is -2.31. The minimum absolute atomic E-state index is 0.0703. The smallest absolute Gasteiger partial charge is 0.311 e. The quantitative estimate of drug-likeness (QED) is 0.828. The maximum atomic E-state index is 12.9. The van der Waals surface area contributed by atoms with Crippen LogP contribution in [0.25, 0.3) is 0 Å². The molecule has 7 heteroatoms. The third kappa shape index (κ3) is 3.11. The van der Waals surface area contributed by atoms with Gasteiger partial charge in [-0.25, -0.2) is 0 Å². The largest absolute Gasteiger partial charge is 0.493 e. The van der Waals surface area contributed by atoms with Crippen LogP contribution in [0.3, 0.4) is 0 Å². The molecule has 0 bridgehead atoms. The van der Waals surface area contributed by atoms with E-state index >= 15 is 0 Å². The molecule has 7 nitrogen and oxygen atoms in total. The molecule has 1 aliphatic carbocycles. The first-order valence-corrected chi connectivity index (χ1v) is 9.94. The van der Waals surface area contributed by atoms with Crippen LogP contribution in [-0.4, -0.2) is 67.2 Å². The molecule has 1 saturated carbocycles. The fourth-order valence-electron chi connectivity index (χ4n) is 5.25. The highest BCUT2D eigenvalue weighted by Gasteiger charge is 2.54. The summed E-state index contributed by atoms with van der Waals surface area (Å²) in [6.07, 6.45) is 3.45. The Labute approximate surface area is 165 Å². The fraction of sp³-hybridized carbons (Fsp3) is 0.619. The molecule has 1 aromatic rings. The summed E-state index contributed by atoms with van der Waals surface area (Å²) in [4.78, 5) is 28.7. The number of ether oxygens (including phenoxy) is 2. The minimum Gasteiger partial charge on any atom is -0.493 e. The van der Waals surface area contributed by atoms with E-state index in [0.717, 1.165) is 31.2 Å². The number of hydrogen-bond donors (Lipinski definition) is 1. The number of rotatable bonds is 5. The van der Waals surface area contributed by atoms with Crippen LogP contribution in [0.1, 0.15) is 30.4 Å². The van der Waals surface area contributed by atoms with Crippen LogP contribution in [0.5, 0.6) is 11.5 Å². The van der Waals surface area contributed by atoms with Crippen molar-refractivity contribution in [1.82, 2.24) is 9.80 Å². The SMILES string of the molecule is COc1cc2c(cc1OC)CN(C(=O)CN1C[C@@H]3CCC[C@@]3(C(=O)O)C1)CC2. The molecule has 4 rings (SSSR count). The van der Waals surface area contributed by atoms with Crippen LogP contribution >= 0.6 is 0 Å². The van der Waals surface area contributed by atoms with Gasteiger partial charge in [0.15, 0.2) is 11.5 Å². The molecule has 152 valence electrons. The second kappa shape index (κ2) is 7.28. The van der Waals surface area contributed by atoms with Gasteiger partial charge in [-0.1, -0.05) is 6.42 Å². The van der Waals surface area contributed by atoms with Crippen LogP contribution in [-0.2, 0) is 22.6 Å². The summed E-state index contributed by atoms with van der Waals surface area (Å²) in [5.74, 6) is 0.936. The van der Waals surface area contributed by atoms with E-state index in [-0.39, 0.29) is 11.8 Å². The van der Waals surface area contributed by atoms with Crippen molar-refractivity contribution in [2.24, 2.45) is 11.3 Å². The van der Waals surface area contributed by atoms with Crippen molar-refractivity contribution in [3.63, 3.8) is 0 Å². The van der Waals surface area contributed by atoms with Gasteiger partial charge in [0.05, 0.1) is 26.2 Å². The van der Waals surface area contributed by atoms with Gasteiger partial charge in [-0.05, 0) is 48.4 Å². The zero-order valence-corrected chi connectivity index (χ0v) is 16.6. The third-order valence-electron chi connectivity index (χ3n) is 6.80. The molecule has 1 amide bonds. The summed E-state index contributed by atoms with van der Waals surface area (Å²) in [7, 11) is 3.23. The Morgan fingerprint density at radius 2 is 1.93 bits per heavy atom. The van der Waals surface area contributed by atoms with E-state index in [9.17, 15) is 14.7 Å². The lowest BCUT2D eigenvalue weighted by molar-refractivity contribution is -0.149. The standard InChI is InChI=1S/C21H28N2O5/c1-27-17-8-14-5-7-23(10-15(14)9-18(17)28-2)19(24)12-22-11-16-4-3-6-21(16,13-22)20(25)26/h8-9,16H,3-7,10-13H2,1-2H3,(H,25,26)/t16-,21+/m0/s1. The van der Waals surface area contributed by atoms with Crippen molar-refractivity contribution >= 4 is 11.9 Å². The van der Waals surface area contributed by atoms with Gasteiger partial charge in [0.1, 0.15) is 0 Å². The Balaban J connectivity index is 1.43. The van der Waals surface area contributed by atoms with Crippen molar-refractivity contribution in [1.29, 1.82) is 0 Å². The Morgan fingerprint density at radius 1 is 1.21 bits per heavy atom. The summed E-state index contributed by atoms with van der Waals surface area (Å²) >= 11 is 0. The minimum atomic E-state index is -0.696. The Hall–Kier alpha value is -2.28. The zero-order chi connectivity index (χ0) is 19.9. The van der Waals surface area contributed by atoms with Crippen LogP contribution in [0, 0.1) is 11.3 Å². The molecule has 2 atom stereocenters. The number of aliphatic carboxylic acids is 1. The molecule has 0 unspecified atom stereocenters. The number of benzene rings is 1. The maximum absolute atomic E-state index is 12.9. The van der Waals surface area contributed by atoms with E-state index in [1.165, 1.54) is 5.56 Å². The molecule has 2 aliphatic heterocycles. The summed E-state index contributed by atoms with van der Waals surface area (Å²) in [5.41, 5.74) is 1.62. The van der Waals surface area contributed by atoms with E-state index < -0.39 is 11.4 Å². The van der Waals surface area contributed by atoms with Crippen molar-refractivity contribution < 1.29 is 24.2 Å². The second-order valence-corrected chi connectivity index (χ2v) is 8.26. The van der Waals surface area contributed by atoms with Gasteiger partial charge >= 0.3 is 5.97 Å². The number of carboxylic acids is 1. The lowest BCUT2D eigenvalue weighted by Crippen LogP contribution is -2.43. The molecular formula is C21H28N2O5. The molecule has 1 N–H and O–H groups in total. The fourth-order valence-corrected chi connectivity index (χ4v) is 5.25. The Morgan fingerprint density at radius 3 is 2.57 bits per heavy atom. The van der Waals surface area contributed by atoms with Crippen LogP contribution in [0.2, 0.25) is 0 Å². The van der Waals surface area contributed by atoms with Gasteiger partial charge in [-0.15, -0.1) is 0 Å². The molecule has 0 radical (unpaired) electrons. The normalized spacial score (nSPS) is 26.6. The number of methoxy groups -OCH3 is 2. The number of carbonyl (C=O) groups is 2. The number of fused-ring (bicyclic) bond motifs is 2. The first-order valence-electron chi connectivity index (χ1n) is 9.94. The number of amides is 1. The van der Waals surface area contributed by atoms with Crippen molar-refractivity contribution in [2.45, 2.75) is 32.2 Å². The van der Waals surface area contributed by atoms with E-state index in [2.05, 4.69) is 0 Å². The molecule has 1 aromatic carbocycles. The number of carboxylic acid groups (broad SMARTS) is 1. The van der Waals surface area contributed by atoms with E-state index in [1.54, 1.807) is 14.2 Å². The summed E-state index contributed by atoms with van der Waals surface area (Å²) in [6, 6.07) is 3.95. The van der Waals surface area contributed by atoms with E-state index in [0.29, 0.717) is 44.2 Å². The molecule has 2 heterocycles. The molecule has 1 saturated heterocycles. The number of hydrogen-bond acceptors (Lipinski definition) is 5. The van der Waals surface area contributed by atoms with Gasteiger partial charge in [-0.3, -0.25) is 14.5 Å². The van der Waals surface area contributed by atoms with Crippen molar-refractivity contribution in [3.8, 4) is 11.5 Å². The lowest BCUT2D eigenvalue weighted by atomic mass is 9.81.